The lowest BCUT2D eigenvalue weighted by molar-refractivity contribution is -0.137. The first-order chi connectivity index (χ1) is 15.1. The van der Waals surface area contributed by atoms with Gasteiger partial charge in [-0.25, -0.2) is 0 Å². The van der Waals surface area contributed by atoms with Crippen molar-refractivity contribution >= 4 is 11.8 Å². The van der Waals surface area contributed by atoms with Crippen LogP contribution in [-0.4, -0.2) is 46.7 Å². The zero-order valence-electron chi connectivity index (χ0n) is 17.9. The average Bonchev–Trinajstić information content (AvgIpc) is 3.35. The van der Waals surface area contributed by atoms with Crippen LogP contribution >= 0.6 is 0 Å². The fourth-order valence-electron chi connectivity index (χ4n) is 4.30. The predicted molar refractivity (Wildman–Crippen MR) is 117 cm³/mol. The van der Waals surface area contributed by atoms with Gasteiger partial charge in [-0.05, 0) is 43.0 Å². The molecule has 6 heteroatoms. The molecule has 0 aliphatic carbocycles. The fourth-order valence-corrected chi connectivity index (χ4v) is 4.30. The van der Waals surface area contributed by atoms with Crippen molar-refractivity contribution < 1.29 is 14.0 Å². The van der Waals surface area contributed by atoms with Crippen LogP contribution in [-0.2, 0) is 4.79 Å². The minimum Gasteiger partial charge on any atom is -0.472 e. The second-order valence-electron chi connectivity index (χ2n) is 8.05. The molecular weight excluding hydrogens is 390 g/mol. The van der Waals surface area contributed by atoms with Crippen LogP contribution in [0.15, 0.2) is 71.7 Å². The van der Waals surface area contributed by atoms with Gasteiger partial charge in [0.1, 0.15) is 6.26 Å². The van der Waals surface area contributed by atoms with E-state index in [9.17, 15) is 9.59 Å². The van der Waals surface area contributed by atoms with E-state index in [4.69, 9.17) is 4.42 Å². The lowest BCUT2D eigenvalue weighted by Gasteiger charge is -2.36. The molecule has 0 radical (unpaired) electrons. The maximum atomic E-state index is 13.5. The van der Waals surface area contributed by atoms with Gasteiger partial charge in [-0.3, -0.25) is 14.6 Å². The van der Waals surface area contributed by atoms with Crippen LogP contribution < -0.4 is 0 Å². The summed E-state index contributed by atoms with van der Waals surface area (Å²) < 4.78 is 5.02. The SMILES string of the molecule is Cc1cccnc1C(c1ccccc1)N(C)C(=O)C1CCN(C(=O)c2ccoc2)CC1. The molecule has 6 nitrogen and oxygen atoms in total. The summed E-state index contributed by atoms with van der Waals surface area (Å²) in [7, 11) is 1.86. The summed E-state index contributed by atoms with van der Waals surface area (Å²) in [6.45, 7) is 3.15. The molecule has 1 atom stereocenters. The van der Waals surface area contributed by atoms with E-state index in [0.717, 1.165) is 16.8 Å². The van der Waals surface area contributed by atoms with E-state index in [1.165, 1.54) is 12.5 Å². The lowest BCUT2D eigenvalue weighted by atomic mass is 9.92. The number of furan rings is 1. The quantitative estimate of drug-likeness (QED) is 0.627. The zero-order chi connectivity index (χ0) is 21.8. The van der Waals surface area contributed by atoms with E-state index < -0.39 is 0 Å². The van der Waals surface area contributed by atoms with Crippen molar-refractivity contribution in [1.29, 1.82) is 0 Å². The van der Waals surface area contributed by atoms with Gasteiger partial charge in [-0.2, -0.15) is 0 Å². The van der Waals surface area contributed by atoms with E-state index in [-0.39, 0.29) is 23.8 Å². The molecule has 3 heterocycles. The molecule has 1 aromatic carbocycles. The molecule has 1 saturated heterocycles. The number of rotatable bonds is 5. The molecule has 2 aromatic heterocycles. The van der Waals surface area contributed by atoms with Gasteiger partial charge >= 0.3 is 0 Å². The number of benzene rings is 1. The predicted octanol–water partition coefficient (Wildman–Crippen LogP) is 4.08. The van der Waals surface area contributed by atoms with Gasteiger partial charge in [-0.1, -0.05) is 36.4 Å². The summed E-state index contributed by atoms with van der Waals surface area (Å²) in [4.78, 5) is 34.3. The third-order valence-electron chi connectivity index (χ3n) is 6.06. The van der Waals surface area contributed by atoms with Crippen LogP contribution in [0.3, 0.4) is 0 Å². The summed E-state index contributed by atoms with van der Waals surface area (Å²) in [5.41, 5.74) is 3.53. The van der Waals surface area contributed by atoms with Crippen molar-refractivity contribution in [2.24, 2.45) is 5.92 Å². The third-order valence-corrected chi connectivity index (χ3v) is 6.06. The molecule has 3 aromatic rings. The summed E-state index contributed by atoms with van der Waals surface area (Å²) in [5.74, 6) is -0.0674. The summed E-state index contributed by atoms with van der Waals surface area (Å²) in [6, 6.07) is 15.4. The Morgan fingerprint density at radius 1 is 1.10 bits per heavy atom. The maximum absolute atomic E-state index is 13.5. The van der Waals surface area contributed by atoms with Crippen molar-refractivity contribution in [3.8, 4) is 0 Å². The Hall–Kier alpha value is -3.41. The molecule has 4 rings (SSSR count). The second-order valence-corrected chi connectivity index (χ2v) is 8.05. The molecular formula is C25H27N3O3. The number of likely N-dealkylation sites (tertiary alicyclic amines) is 1. The highest BCUT2D eigenvalue weighted by molar-refractivity contribution is 5.94. The molecule has 31 heavy (non-hydrogen) atoms. The molecule has 0 N–H and O–H groups in total. The van der Waals surface area contributed by atoms with Crippen molar-refractivity contribution in [2.75, 3.05) is 20.1 Å². The van der Waals surface area contributed by atoms with Gasteiger partial charge in [0.05, 0.1) is 23.6 Å². The van der Waals surface area contributed by atoms with Gasteiger partial charge < -0.3 is 14.2 Å². The maximum Gasteiger partial charge on any atom is 0.257 e. The Kier molecular flexibility index (Phi) is 6.16. The summed E-state index contributed by atoms with van der Waals surface area (Å²) in [5, 5.41) is 0. The number of carbonyl (C=O) groups is 2. The molecule has 160 valence electrons. The lowest BCUT2D eigenvalue weighted by Crippen LogP contribution is -2.44. The third kappa shape index (κ3) is 4.38. The Bertz CT molecular complexity index is 1030. The normalized spacial score (nSPS) is 15.5. The number of pyridine rings is 1. The van der Waals surface area contributed by atoms with Crippen LogP contribution in [0.25, 0.3) is 0 Å². The molecule has 1 fully saturated rings. The molecule has 0 spiro atoms. The largest absolute Gasteiger partial charge is 0.472 e. The summed E-state index contributed by atoms with van der Waals surface area (Å²) in [6.07, 6.45) is 6.04. The minimum atomic E-state index is -0.250. The molecule has 0 bridgehead atoms. The molecule has 0 saturated carbocycles. The van der Waals surface area contributed by atoms with Crippen LogP contribution in [0.5, 0.6) is 0 Å². The minimum absolute atomic E-state index is 0.0423. The van der Waals surface area contributed by atoms with E-state index in [0.29, 0.717) is 31.5 Å². The molecule has 1 unspecified atom stereocenters. The highest BCUT2D eigenvalue weighted by Gasteiger charge is 2.33. The number of hydrogen-bond donors (Lipinski definition) is 0. The Labute approximate surface area is 182 Å². The monoisotopic (exact) mass is 417 g/mol. The van der Waals surface area contributed by atoms with Crippen molar-refractivity contribution in [1.82, 2.24) is 14.8 Å². The van der Waals surface area contributed by atoms with Crippen LogP contribution in [0.2, 0.25) is 0 Å². The van der Waals surface area contributed by atoms with Crippen molar-refractivity contribution in [3.05, 3.63) is 89.6 Å². The summed E-state index contributed by atoms with van der Waals surface area (Å²) >= 11 is 0. The van der Waals surface area contributed by atoms with Crippen molar-refractivity contribution in [2.45, 2.75) is 25.8 Å². The topological polar surface area (TPSA) is 66.7 Å². The molecule has 2 amide bonds. The first-order valence-corrected chi connectivity index (χ1v) is 10.6. The number of carbonyl (C=O) groups excluding carboxylic acids is 2. The van der Waals surface area contributed by atoms with E-state index in [2.05, 4.69) is 4.98 Å². The Balaban J connectivity index is 1.50. The van der Waals surface area contributed by atoms with Crippen LogP contribution in [0.1, 0.15) is 46.1 Å². The van der Waals surface area contributed by atoms with Crippen LogP contribution in [0.4, 0.5) is 0 Å². The number of amides is 2. The standard InChI is InChI=1S/C25H27N3O3/c1-18-7-6-13-26-22(18)23(19-8-4-3-5-9-19)27(2)24(29)20-10-14-28(15-11-20)25(30)21-12-16-31-17-21/h3-9,12-13,16-17,20,23H,10-11,14-15H2,1-2H3. The van der Waals surface area contributed by atoms with Gasteiger partial charge in [-0.15, -0.1) is 0 Å². The average molecular weight is 418 g/mol. The Morgan fingerprint density at radius 2 is 1.84 bits per heavy atom. The number of aryl methyl sites for hydroxylation is 1. The number of aromatic nitrogens is 1. The Morgan fingerprint density at radius 3 is 2.48 bits per heavy atom. The highest BCUT2D eigenvalue weighted by Crippen LogP contribution is 2.31. The number of hydrogen-bond acceptors (Lipinski definition) is 4. The zero-order valence-corrected chi connectivity index (χ0v) is 17.9. The van der Waals surface area contributed by atoms with Crippen LogP contribution in [0, 0.1) is 12.8 Å². The first kappa shape index (κ1) is 20.8. The first-order valence-electron chi connectivity index (χ1n) is 10.6. The fraction of sp³-hybridized carbons (Fsp3) is 0.320. The van der Waals surface area contributed by atoms with E-state index in [1.54, 1.807) is 17.2 Å². The number of nitrogens with zero attached hydrogens (tertiary/aromatic N) is 3. The molecule has 1 aliphatic rings. The van der Waals surface area contributed by atoms with E-state index in [1.807, 2.05) is 61.3 Å². The van der Waals surface area contributed by atoms with Gasteiger partial charge in [0.25, 0.3) is 5.91 Å². The second kappa shape index (κ2) is 9.16. The highest BCUT2D eigenvalue weighted by atomic mass is 16.3. The van der Waals surface area contributed by atoms with Gasteiger partial charge in [0.15, 0.2) is 0 Å². The van der Waals surface area contributed by atoms with Gasteiger partial charge in [0.2, 0.25) is 5.91 Å². The number of piperidine rings is 1. The molecule has 1 aliphatic heterocycles. The van der Waals surface area contributed by atoms with E-state index >= 15 is 0 Å². The van der Waals surface area contributed by atoms with Crippen molar-refractivity contribution in [3.63, 3.8) is 0 Å². The van der Waals surface area contributed by atoms with Gasteiger partial charge in [0, 0.05) is 32.3 Å². The smallest absolute Gasteiger partial charge is 0.257 e.